The van der Waals surface area contributed by atoms with Crippen molar-refractivity contribution < 1.29 is 14.8 Å². The van der Waals surface area contributed by atoms with Crippen LogP contribution in [0, 0.1) is 10.1 Å². The average Bonchev–Trinajstić information content (AvgIpc) is 2.78. The van der Waals surface area contributed by atoms with Gasteiger partial charge in [0.25, 0.3) is 0 Å². The lowest BCUT2D eigenvalue weighted by Gasteiger charge is -2.02. The predicted octanol–water partition coefficient (Wildman–Crippen LogP) is 1.53. The molecule has 9 heteroatoms. The number of rotatable bonds is 3. The van der Waals surface area contributed by atoms with Crippen molar-refractivity contribution in [3.8, 4) is 5.82 Å². The number of halogens is 1. The van der Waals surface area contributed by atoms with Crippen LogP contribution < -0.4 is 0 Å². The zero-order chi connectivity index (χ0) is 13.3. The third kappa shape index (κ3) is 2.13. The van der Waals surface area contributed by atoms with E-state index < -0.39 is 10.9 Å². The number of carboxylic acid groups (broad SMARTS) is 1. The molecule has 0 aliphatic rings. The first kappa shape index (κ1) is 12.0. The Labute approximate surface area is 105 Å². The molecule has 0 amide bonds. The van der Waals surface area contributed by atoms with E-state index in [1.165, 1.54) is 17.0 Å². The van der Waals surface area contributed by atoms with Crippen molar-refractivity contribution >= 4 is 23.4 Å². The number of aromatic carboxylic acids is 1. The highest BCUT2D eigenvalue weighted by atomic mass is 35.5. The Morgan fingerprint density at radius 3 is 2.72 bits per heavy atom. The Morgan fingerprint density at radius 1 is 1.50 bits per heavy atom. The molecule has 0 fully saturated rings. The van der Waals surface area contributed by atoms with Crippen molar-refractivity contribution in [1.29, 1.82) is 0 Å². The minimum absolute atomic E-state index is 0.0576. The molecule has 0 radical (unpaired) electrons. The van der Waals surface area contributed by atoms with Gasteiger partial charge in [-0.1, -0.05) is 11.6 Å². The Bertz CT molecular complexity index is 639. The van der Waals surface area contributed by atoms with Gasteiger partial charge < -0.3 is 15.2 Å². The molecule has 0 spiro atoms. The van der Waals surface area contributed by atoms with Gasteiger partial charge in [-0.2, -0.15) is 0 Å². The van der Waals surface area contributed by atoms with Crippen LogP contribution >= 0.6 is 11.6 Å². The van der Waals surface area contributed by atoms with Crippen LogP contribution in [0.3, 0.4) is 0 Å². The lowest BCUT2D eigenvalue weighted by atomic mass is 10.3. The van der Waals surface area contributed by atoms with Crippen LogP contribution in [-0.2, 0) is 0 Å². The summed E-state index contributed by atoms with van der Waals surface area (Å²) in [5.41, 5.74) is -0.0710. The van der Waals surface area contributed by atoms with E-state index in [0.29, 0.717) is 0 Å². The van der Waals surface area contributed by atoms with E-state index in [1.54, 1.807) is 0 Å². The first-order chi connectivity index (χ1) is 8.49. The molecule has 18 heavy (non-hydrogen) atoms. The van der Waals surface area contributed by atoms with Gasteiger partial charge in [-0.05, 0) is 16.0 Å². The Morgan fingerprint density at radius 2 is 2.22 bits per heavy atom. The fourth-order valence-corrected chi connectivity index (χ4v) is 1.52. The van der Waals surface area contributed by atoms with Crippen LogP contribution in [0.15, 0.2) is 24.8 Å². The maximum Gasteiger partial charge on any atom is 0.381 e. The molecule has 0 atom stereocenters. The lowest BCUT2D eigenvalue weighted by molar-refractivity contribution is -0.389. The first-order valence-electron chi connectivity index (χ1n) is 4.56. The van der Waals surface area contributed by atoms with Crippen molar-refractivity contribution in [3.63, 3.8) is 0 Å². The van der Waals surface area contributed by atoms with E-state index in [9.17, 15) is 14.9 Å². The van der Waals surface area contributed by atoms with Gasteiger partial charge in [0, 0.05) is 6.20 Å². The Balaban J connectivity index is 2.44. The highest BCUT2D eigenvalue weighted by molar-refractivity contribution is 6.32. The van der Waals surface area contributed by atoms with E-state index in [1.807, 2.05) is 0 Å². The van der Waals surface area contributed by atoms with E-state index in [2.05, 4.69) is 9.97 Å². The van der Waals surface area contributed by atoms with Crippen LogP contribution in [0.2, 0.25) is 5.02 Å². The smallest absolute Gasteiger partial charge is 0.381 e. The molecule has 2 aromatic rings. The molecule has 92 valence electrons. The number of aromatic nitrogens is 3. The van der Waals surface area contributed by atoms with Gasteiger partial charge in [0.1, 0.15) is 6.20 Å². The molecule has 1 N–H and O–H groups in total. The van der Waals surface area contributed by atoms with Crippen LogP contribution in [0.4, 0.5) is 5.82 Å². The number of nitro groups is 1. The summed E-state index contributed by atoms with van der Waals surface area (Å²) < 4.78 is 1.24. The van der Waals surface area contributed by atoms with Crippen LogP contribution in [0.25, 0.3) is 5.82 Å². The van der Waals surface area contributed by atoms with Crippen molar-refractivity contribution in [2.75, 3.05) is 0 Å². The molecule has 0 aliphatic carbocycles. The first-order valence-corrected chi connectivity index (χ1v) is 4.94. The zero-order valence-corrected chi connectivity index (χ0v) is 9.40. The summed E-state index contributed by atoms with van der Waals surface area (Å²) in [7, 11) is 0. The van der Waals surface area contributed by atoms with Crippen LogP contribution in [0.1, 0.15) is 10.4 Å². The number of hydrogen-bond acceptors (Lipinski definition) is 5. The Hall–Kier alpha value is -2.48. The zero-order valence-electron chi connectivity index (χ0n) is 8.65. The lowest BCUT2D eigenvalue weighted by Crippen LogP contribution is -2.01. The molecular formula is C9H5ClN4O4. The maximum absolute atomic E-state index is 10.7. The molecular weight excluding hydrogens is 264 g/mol. The Kier molecular flexibility index (Phi) is 2.94. The minimum Gasteiger partial charge on any atom is -0.478 e. The summed E-state index contributed by atoms with van der Waals surface area (Å²) in [6.07, 6.45) is 3.41. The highest BCUT2D eigenvalue weighted by Gasteiger charge is 2.15. The molecule has 0 aromatic carbocycles. The molecule has 0 unspecified atom stereocenters. The van der Waals surface area contributed by atoms with Gasteiger partial charge in [-0.15, -0.1) is 0 Å². The second-order valence-corrected chi connectivity index (χ2v) is 3.64. The molecule has 8 nitrogen and oxygen atoms in total. The molecule has 2 rings (SSSR count). The van der Waals surface area contributed by atoms with E-state index >= 15 is 0 Å². The van der Waals surface area contributed by atoms with Gasteiger partial charge in [0.15, 0.2) is 5.82 Å². The van der Waals surface area contributed by atoms with Gasteiger partial charge in [-0.3, -0.25) is 4.57 Å². The normalized spacial score (nSPS) is 10.3. The number of hydrogen-bond donors (Lipinski definition) is 1. The third-order valence-electron chi connectivity index (χ3n) is 2.07. The summed E-state index contributed by atoms with van der Waals surface area (Å²) in [6.45, 7) is 0. The number of nitrogens with zero attached hydrogens (tertiary/aromatic N) is 4. The van der Waals surface area contributed by atoms with Crippen LogP contribution in [-0.4, -0.2) is 30.5 Å². The predicted molar refractivity (Wildman–Crippen MR) is 60.0 cm³/mol. The summed E-state index contributed by atoms with van der Waals surface area (Å²) >= 11 is 5.85. The van der Waals surface area contributed by atoms with E-state index in [0.717, 1.165) is 12.4 Å². The molecule has 0 aliphatic heterocycles. The molecule has 0 saturated carbocycles. The molecule has 2 heterocycles. The summed E-state index contributed by atoms with van der Waals surface area (Å²) in [5, 5.41) is 19.3. The van der Waals surface area contributed by atoms with Crippen molar-refractivity contribution in [3.05, 3.63) is 45.5 Å². The van der Waals surface area contributed by atoms with E-state index in [4.69, 9.17) is 16.7 Å². The van der Waals surface area contributed by atoms with Crippen molar-refractivity contribution in [2.45, 2.75) is 0 Å². The average molecular weight is 269 g/mol. The third-order valence-corrected chi connectivity index (χ3v) is 2.35. The largest absolute Gasteiger partial charge is 0.478 e. The van der Waals surface area contributed by atoms with Crippen molar-refractivity contribution in [2.24, 2.45) is 0 Å². The monoisotopic (exact) mass is 268 g/mol. The SMILES string of the molecule is O=C(O)c1cnc(-n2cnc([N+](=O)[O-])c2)c(Cl)c1. The van der Waals surface area contributed by atoms with Gasteiger partial charge in [-0.25, -0.2) is 9.78 Å². The second-order valence-electron chi connectivity index (χ2n) is 3.23. The second kappa shape index (κ2) is 4.41. The quantitative estimate of drug-likeness (QED) is 0.667. The van der Waals surface area contributed by atoms with Crippen molar-refractivity contribution in [1.82, 2.24) is 14.5 Å². The molecule has 2 aromatic heterocycles. The van der Waals surface area contributed by atoms with E-state index in [-0.39, 0.29) is 22.2 Å². The van der Waals surface area contributed by atoms with Gasteiger partial charge >= 0.3 is 11.8 Å². The topological polar surface area (TPSA) is 111 Å². The fraction of sp³-hybridized carbons (Fsp3) is 0. The molecule has 0 saturated heterocycles. The number of carbonyl (C=O) groups is 1. The summed E-state index contributed by atoms with van der Waals surface area (Å²) in [4.78, 5) is 27.9. The fourth-order valence-electron chi connectivity index (χ4n) is 1.26. The summed E-state index contributed by atoms with van der Waals surface area (Å²) in [6, 6.07) is 1.21. The standard InChI is InChI=1S/C9H5ClN4O4/c10-6-1-5(9(15)16)2-11-8(6)13-3-7(12-4-13)14(17)18/h1-4H,(H,15,16). The highest BCUT2D eigenvalue weighted by Crippen LogP contribution is 2.20. The minimum atomic E-state index is -1.16. The number of pyridine rings is 1. The van der Waals surface area contributed by atoms with Gasteiger partial charge in [0.2, 0.25) is 6.33 Å². The molecule has 0 bridgehead atoms. The number of carboxylic acids is 1. The number of imidazole rings is 1. The van der Waals surface area contributed by atoms with Crippen LogP contribution in [0.5, 0.6) is 0 Å². The summed E-state index contributed by atoms with van der Waals surface area (Å²) in [5.74, 6) is -1.34. The maximum atomic E-state index is 10.7. The van der Waals surface area contributed by atoms with Gasteiger partial charge in [0.05, 0.1) is 10.6 Å².